The molecular formula is C14H6ClN7O. The molecule has 0 saturated heterocycles. The number of carbonyl (C=O) groups is 1. The summed E-state index contributed by atoms with van der Waals surface area (Å²) < 4.78 is 0. The van der Waals surface area contributed by atoms with Gasteiger partial charge in [-0.2, -0.15) is 10.5 Å². The van der Waals surface area contributed by atoms with Crippen LogP contribution in [0.25, 0.3) is 22.2 Å². The van der Waals surface area contributed by atoms with E-state index in [1.165, 1.54) is 0 Å². The van der Waals surface area contributed by atoms with Gasteiger partial charge in [0.25, 0.3) is 0 Å². The average Bonchev–Trinajstić information content (AvgIpc) is 2.83. The Labute approximate surface area is 134 Å². The molecule has 2 amide bonds. The Morgan fingerprint density at radius 3 is 2.74 bits per heavy atom. The number of urea groups is 1. The topological polar surface area (TPSA) is 144 Å². The molecule has 0 bridgehead atoms. The number of rotatable bonds is 1. The molecule has 0 unspecified atom stereocenters. The van der Waals surface area contributed by atoms with Crippen LogP contribution in [0, 0.1) is 22.7 Å². The van der Waals surface area contributed by atoms with E-state index in [0.29, 0.717) is 27.2 Å². The molecule has 2 aliphatic rings. The summed E-state index contributed by atoms with van der Waals surface area (Å²) in [5.41, 5.74) is 5.98. The number of carbonyl (C=O) groups excluding carboxylic acids is 1. The second-order valence-corrected chi connectivity index (χ2v) is 4.92. The van der Waals surface area contributed by atoms with Crippen molar-refractivity contribution in [1.82, 2.24) is 9.97 Å². The number of fused-ring (bicyclic) bond motifs is 3. The van der Waals surface area contributed by atoms with Gasteiger partial charge in [0.05, 0.1) is 11.4 Å². The molecular weight excluding hydrogens is 318 g/mol. The number of H-pyrrole nitrogens is 1. The fourth-order valence-electron chi connectivity index (χ4n) is 2.25. The average molecular weight is 324 g/mol. The number of primary amides is 1. The van der Waals surface area contributed by atoms with Gasteiger partial charge in [-0.1, -0.05) is 22.8 Å². The summed E-state index contributed by atoms with van der Waals surface area (Å²) in [6, 6.07) is 7.74. The molecule has 9 heteroatoms. The molecule has 0 aromatic heterocycles. The van der Waals surface area contributed by atoms with Crippen LogP contribution in [0.15, 0.2) is 28.4 Å². The van der Waals surface area contributed by atoms with Gasteiger partial charge >= 0.3 is 6.03 Å². The van der Waals surface area contributed by atoms with Crippen molar-refractivity contribution in [3.05, 3.63) is 34.6 Å². The molecule has 23 heavy (non-hydrogen) atoms. The summed E-state index contributed by atoms with van der Waals surface area (Å²) in [5, 5.41) is 27.0. The first-order valence-corrected chi connectivity index (χ1v) is 6.59. The molecule has 0 saturated carbocycles. The van der Waals surface area contributed by atoms with Crippen molar-refractivity contribution in [2.45, 2.75) is 0 Å². The molecule has 1 aliphatic heterocycles. The van der Waals surface area contributed by atoms with Crippen LogP contribution in [0.2, 0.25) is 5.02 Å². The first-order valence-electron chi connectivity index (χ1n) is 6.21. The fraction of sp³-hybridized carbons (Fsp3) is 0. The van der Waals surface area contributed by atoms with Crippen LogP contribution in [-0.2, 0) is 0 Å². The second-order valence-electron chi connectivity index (χ2n) is 4.48. The van der Waals surface area contributed by atoms with Crippen molar-refractivity contribution < 1.29 is 4.79 Å². The summed E-state index contributed by atoms with van der Waals surface area (Å²) in [6.45, 7) is 0. The maximum atomic E-state index is 10.9. The number of hydrogen-bond acceptors (Lipinski definition) is 5. The van der Waals surface area contributed by atoms with Crippen LogP contribution in [0.1, 0.15) is 11.4 Å². The molecule has 1 aromatic rings. The van der Waals surface area contributed by atoms with Crippen LogP contribution >= 0.6 is 11.6 Å². The number of hydrogen-bond donors (Lipinski definition) is 2. The third-order valence-corrected chi connectivity index (χ3v) is 3.38. The van der Waals surface area contributed by atoms with Gasteiger partial charge in [0.1, 0.15) is 17.8 Å². The predicted molar refractivity (Wildman–Crippen MR) is 81.3 cm³/mol. The van der Waals surface area contributed by atoms with E-state index >= 15 is 0 Å². The molecule has 0 atom stereocenters. The zero-order valence-electron chi connectivity index (χ0n) is 11.3. The largest absolute Gasteiger partial charge is 0.356 e. The molecule has 0 fully saturated rings. The fourth-order valence-corrected chi connectivity index (χ4v) is 2.42. The van der Waals surface area contributed by atoms with Crippen LogP contribution < -0.4 is 5.73 Å². The zero-order chi connectivity index (χ0) is 16.6. The van der Waals surface area contributed by atoms with Crippen molar-refractivity contribution in [2.24, 2.45) is 16.0 Å². The Morgan fingerprint density at radius 1 is 1.30 bits per heavy atom. The summed E-state index contributed by atoms with van der Waals surface area (Å²) in [4.78, 5) is 17.9. The smallest absolute Gasteiger partial charge is 0.348 e. The van der Waals surface area contributed by atoms with Crippen LogP contribution in [-0.4, -0.2) is 16.0 Å². The third-order valence-electron chi connectivity index (χ3n) is 3.14. The van der Waals surface area contributed by atoms with E-state index < -0.39 is 6.03 Å². The minimum Gasteiger partial charge on any atom is -0.348 e. The predicted octanol–water partition coefficient (Wildman–Crippen LogP) is 3.23. The molecule has 0 spiro atoms. The number of azo groups is 1. The van der Waals surface area contributed by atoms with E-state index in [1.54, 1.807) is 18.2 Å². The third kappa shape index (κ3) is 2.33. The SMILES string of the molecule is N#Cc1nc2c3ccc(Cl)cc3c(N=NC(N)=O)c-2[nH]c1C#N. The van der Waals surface area contributed by atoms with Gasteiger partial charge < -0.3 is 10.7 Å². The van der Waals surface area contributed by atoms with E-state index in [-0.39, 0.29) is 17.1 Å². The highest BCUT2D eigenvalue weighted by Gasteiger charge is 2.23. The highest BCUT2D eigenvalue weighted by molar-refractivity contribution is 6.32. The molecule has 1 aromatic carbocycles. The number of nitrogens with one attached hydrogen (secondary N) is 1. The number of nitriles is 2. The van der Waals surface area contributed by atoms with Gasteiger partial charge in [-0.3, -0.25) is 0 Å². The number of benzene rings is 1. The number of nitrogens with zero attached hydrogens (tertiary/aromatic N) is 5. The number of halogens is 1. The van der Waals surface area contributed by atoms with Crippen molar-refractivity contribution in [3.8, 4) is 23.5 Å². The Morgan fingerprint density at radius 2 is 2.09 bits per heavy atom. The molecule has 110 valence electrons. The number of amides is 2. The summed E-state index contributed by atoms with van der Waals surface area (Å²) >= 11 is 6.00. The lowest BCUT2D eigenvalue weighted by molar-refractivity contribution is 0.255. The van der Waals surface area contributed by atoms with Gasteiger partial charge in [-0.15, -0.1) is 5.11 Å². The van der Waals surface area contributed by atoms with Crippen LogP contribution in [0.4, 0.5) is 10.5 Å². The molecule has 3 N–H and O–H groups in total. The van der Waals surface area contributed by atoms with Gasteiger partial charge in [0.2, 0.25) is 0 Å². The Balaban J connectivity index is 2.47. The highest BCUT2D eigenvalue weighted by Crippen LogP contribution is 2.43. The van der Waals surface area contributed by atoms with Crippen LogP contribution in [0.5, 0.6) is 0 Å². The Hall–Kier alpha value is -3.49. The molecule has 0 radical (unpaired) electrons. The summed E-state index contributed by atoms with van der Waals surface area (Å²) in [6.07, 6.45) is 0. The molecule has 3 rings (SSSR count). The van der Waals surface area contributed by atoms with E-state index in [9.17, 15) is 4.79 Å². The van der Waals surface area contributed by atoms with Gasteiger partial charge in [-0.25, -0.2) is 9.78 Å². The molecule has 1 heterocycles. The Bertz CT molecular complexity index is 1040. The number of nitrogens with two attached hydrogens (primary N) is 1. The number of aromatic nitrogens is 2. The van der Waals surface area contributed by atoms with Gasteiger partial charge in [-0.05, 0) is 12.1 Å². The maximum absolute atomic E-state index is 10.9. The minimum atomic E-state index is -0.961. The maximum Gasteiger partial charge on any atom is 0.356 e. The summed E-state index contributed by atoms with van der Waals surface area (Å²) in [7, 11) is 0. The van der Waals surface area contributed by atoms with Gasteiger partial charge in [0.15, 0.2) is 11.4 Å². The lowest BCUT2D eigenvalue weighted by Gasteiger charge is -2.03. The summed E-state index contributed by atoms with van der Waals surface area (Å²) in [5.74, 6) is 0. The monoisotopic (exact) mass is 323 g/mol. The van der Waals surface area contributed by atoms with E-state index in [0.717, 1.165) is 0 Å². The first kappa shape index (κ1) is 14.4. The standard InChI is InChI=1S/C14H6ClN7O/c15-6-1-2-7-8(3-6)12(21-22-14(18)23)13-11(7)19-9(4-16)10(5-17)20-13/h1-3,20H,(H2,18,23). The van der Waals surface area contributed by atoms with Crippen molar-refractivity contribution in [2.75, 3.05) is 0 Å². The second kappa shape index (κ2) is 5.37. The minimum absolute atomic E-state index is 0.0167. The number of aromatic amines is 1. The van der Waals surface area contributed by atoms with Gasteiger partial charge in [0, 0.05) is 15.8 Å². The lowest BCUT2D eigenvalue weighted by Crippen LogP contribution is -2.02. The van der Waals surface area contributed by atoms with E-state index in [2.05, 4.69) is 20.2 Å². The van der Waals surface area contributed by atoms with E-state index in [4.69, 9.17) is 27.9 Å². The highest BCUT2D eigenvalue weighted by atomic mass is 35.5. The molecule has 1 aliphatic carbocycles. The zero-order valence-corrected chi connectivity index (χ0v) is 12.1. The van der Waals surface area contributed by atoms with Crippen molar-refractivity contribution in [1.29, 1.82) is 10.5 Å². The normalized spacial score (nSPS) is 10.9. The van der Waals surface area contributed by atoms with Crippen molar-refractivity contribution >= 4 is 34.1 Å². The first-order chi connectivity index (χ1) is 11.0. The van der Waals surface area contributed by atoms with Crippen LogP contribution in [0.3, 0.4) is 0 Å². The quantitative estimate of drug-likeness (QED) is 0.662. The van der Waals surface area contributed by atoms with E-state index in [1.807, 2.05) is 12.1 Å². The van der Waals surface area contributed by atoms with Crippen molar-refractivity contribution in [3.63, 3.8) is 0 Å². The molecule has 8 nitrogen and oxygen atoms in total. The lowest BCUT2D eigenvalue weighted by atomic mass is 10.2. The Kier molecular flexibility index (Phi) is 3.37.